The SMILES string of the molecule is C=C(C)/C=C(\C)c1ccc(Oc2cc3c4c(cc(Oc5ccc(C(C)(C)CC(C)(C)C)cc5)c5c6ccc(N7c8ccccc8Sc8ccccc87)c7cccc(c2c45)c76)C(=O)OC3=O)cc1. The van der Waals surface area contributed by atoms with Gasteiger partial charge in [0, 0.05) is 36.7 Å². The lowest BCUT2D eigenvalue weighted by Crippen LogP contribution is -2.24. The number of allylic oxidation sites excluding steroid dienone is 3. The maximum Gasteiger partial charge on any atom is 0.346 e. The first-order valence-corrected chi connectivity index (χ1v) is 23.5. The molecule has 2 aliphatic heterocycles. The Morgan fingerprint density at radius 3 is 1.70 bits per heavy atom. The number of carbonyl (C=O) groups is 2. The van der Waals surface area contributed by atoms with Gasteiger partial charge in [-0.15, -0.1) is 0 Å². The van der Waals surface area contributed by atoms with Gasteiger partial charge in [0.1, 0.15) is 23.0 Å². The average molecular weight is 896 g/mol. The maximum atomic E-state index is 13.9. The minimum Gasteiger partial charge on any atom is -0.457 e. The Morgan fingerprint density at radius 1 is 0.597 bits per heavy atom. The number of rotatable bonds is 9. The molecule has 11 rings (SSSR count). The molecule has 0 aliphatic carbocycles. The number of anilines is 3. The number of nitrogens with zero attached hydrogens (tertiary/aromatic N) is 1. The zero-order valence-electron chi connectivity index (χ0n) is 38.7. The van der Waals surface area contributed by atoms with Crippen molar-refractivity contribution < 1.29 is 23.8 Å². The van der Waals surface area contributed by atoms with Crippen molar-refractivity contribution in [2.75, 3.05) is 4.90 Å². The van der Waals surface area contributed by atoms with Gasteiger partial charge in [-0.2, -0.15) is 0 Å². The summed E-state index contributed by atoms with van der Waals surface area (Å²) in [5.74, 6) is 0.689. The Kier molecular flexibility index (Phi) is 9.87. The van der Waals surface area contributed by atoms with Crippen LogP contribution in [0.2, 0.25) is 0 Å². The summed E-state index contributed by atoms with van der Waals surface area (Å²) in [7, 11) is 0. The van der Waals surface area contributed by atoms with Crippen molar-refractivity contribution >= 4 is 89.4 Å². The molecule has 67 heavy (non-hydrogen) atoms. The van der Waals surface area contributed by atoms with E-state index >= 15 is 0 Å². The van der Waals surface area contributed by atoms with Crippen LogP contribution < -0.4 is 14.4 Å². The van der Waals surface area contributed by atoms with Gasteiger partial charge in [0.25, 0.3) is 0 Å². The van der Waals surface area contributed by atoms with E-state index < -0.39 is 11.9 Å². The number of hydrogen-bond donors (Lipinski definition) is 0. The number of esters is 2. The molecule has 0 saturated heterocycles. The second-order valence-corrected chi connectivity index (χ2v) is 20.9. The minimum absolute atomic E-state index is 0.0699. The summed E-state index contributed by atoms with van der Waals surface area (Å²) in [6.45, 7) is 19.4. The first-order valence-electron chi connectivity index (χ1n) is 22.7. The summed E-state index contributed by atoms with van der Waals surface area (Å²) in [5, 5.41) is 6.58. The molecule has 0 spiro atoms. The van der Waals surface area contributed by atoms with Gasteiger partial charge in [-0.1, -0.05) is 137 Å². The van der Waals surface area contributed by atoms with Gasteiger partial charge in [-0.3, -0.25) is 0 Å². The van der Waals surface area contributed by atoms with Crippen LogP contribution in [0.25, 0.3) is 48.7 Å². The predicted molar refractivity (Wildman–Crippen MR) is 275 cm³/mol. The molecule has 0 bridgehead atoms. The van der Waals surface area contributed by atoms with Crippen LogP contribution in [0, 0.1) is 5.41 Å². The molecule has 0 amide bonds. The minimum atomic E-state index is -0.725. The van der Waals surface area contributed by atoms with Crippen LogP contribution in [0.5, 0.6) is 23.0 Å². The van der Waals surface area contributed by atoms with Crippen molar-refractivity contribution in [3.8, 4) is 23.0 Å². The fourth-order valence-corrected chi connectivity index (χ4v) is 11.7. The molecular formula is C60H49NO5S. The topological polar surface area (TPSA) is 65.1 Å². The molecule has 0 aromatic heterocycles. The van der Waals surface area contributed by atoms with Gasteiger partial charge in [0.2, 0.25) is 0 Å². The lowest BCUT2D eigenvalue weighted by Gasteiger charge is -2.34. The number of para-hydroxylation sites is 2. The smallest absolute Gasteiger partial charge is 0.346 e. The third-order valence-electron chi connectivity index (χ3n) is 13.0. The molecule has 330 valence electrons. The third kappa shape index (κ3) is 7.20. The van der Waals surface area contributed by atoms with Gasteiger partial charge in [-0.05, 0) is 131 Å². The van der Waals surface area contributed by atoms with Crippen molar-refractivity contribution in [3.05, 3.63) is 180 Å². The number of carbonyl (C=O) groups excluding carboxylic acids is 2. The summed E-state index contributed by atoms with van der Waals surface area (Å²) < 4.78 is 19.4. The standard InChI is InChI=1S/C60H49NO5S/c1-34(2)30-35(3)36-20-24-38(25-21-36)64-48-31-43-53-44(58(63)66-57(43)62)32-49(65-39-26-22-37(23-27-39)60(7,8)33-59(4,5)6)55-42-28-29-45(40-14-13-15-41(52(40)42)54(48)56(53)55)61-46-16-9-11-18-50(46)67-51-19-12-10-17-47(51)61/h9-32H,1,33H2,2-8H3/b35-30+. The maximum absolute atomic E-state index is 13.9. The van der Waals surface area contributed by atoms with Crippen molar-refractivity contribution in [1.29, 1.82) is 0 Å². The quantitative estimate of drug-likeness (QED) is 0.0470. The van der Waals surface area contributed by atoms with Gasteiger partial charge in [-0.25, -0.2) is 9.59 Å². The molecule has 0 unspecified atom stereocenters. The zero-order valence-corrected chi connectivity index (χ0v) is 39.5. The number of fused-ring (bicyclic) bond motifs is 4. The van der Waals surface area contributed by atoms with E-state index in [0.29, 0.717) is 33.8 Å². The average Bonchev–Trinajstić information content (AvgIpc) is 3.29. The van der Waals surface area contributed by atoms with Crippen molar-refractivity contribution in [3.63, 3.8) is 0 Å². The van der Waals surface area contributed by atoms with Crippen LogP contribution in [-0.4, -0.2) is 11.9 Å². The first-order chi connectivity index (χ1) is 32.1. The second kappa shape index (κ2) is 15.6. The van der Waals surface area contributed by atoms with E-state index in [1.807, 2.05) is 49.4 Å². The van der Waals surface area contributed by atoms with E-state index in [1.54, 1.807) is 23.9 Å². The molecule has 0 fully saturated rings. The molecule has 0 N–H and O–H groups in total. The van der Waals surface area contributed by atoms with Crippen LogP contribution in [0.4, 0.5) is 17.1 Å². The molecule has 0 saturated carbocycles. The first kappa shape index (κ1) is 42.3. The second-order valence-electron chi connectivity index (χ2n) is 19.8. The molecule has 2 heterocycles. The molecule has 0 radical (unpaired) electrons. The van der Waals surface area contributed by atoms with E-state index in [4.69, 9.17) is 14.2 Å². The largest absolute Gasteiger partial charge is 0.457 e. The number of hydrogen-bond acceptors (Lipinski definition) is 7. The Labute approximate surface area is 394 Å². The Morgan fingerprint density at radius 2 is 1.13 bits per heavy atom. The van der Waals surface area contributed by atoms with Crippen LogP contribution in [0.3, 0.4) is 0 Å². The van der Waals surface area contributed by atoms with E-state index in [1.165, 1.54) is 15.4 Å². The number of ether oxygens (including phenoxy) is 3. The fourth-order valence-electron chi connectivity index (χ4n) is 10.7. The predicted octanol–water partition coefficient (Wildman–Crippen LogP) is 17.3. The summed E-state index contributed by atoms with van der Waals surface area (Å²) in [4.78, 5) is 32.5. The number of benzene rings is 9. The lowest BCUT2D eigenvalue weighted by atomic mass is 9.72. The summed E-state index contributed by atoms with van der Waals surface area (Å²) in [5.41, 5.74) is 8.09. The Balaban J connectivity index is 1.20. The lowest BCUT2D eigenvalue weighted by molar-refractivity contribution is 0.0390. The number of cyclic esters (lactones) is 2. The van der Waals surface area contributed by atoms with Crippen LogP contribution in [-0.2, 0) is 10.2 Å². The molecule has 9 aromatic carbocycles. The summed E-state index contributed by atoms with van der Waals surface area (Å²) in [6, 6.07) is 47.4. The normalized spacial score (nSPS) is 13.9. The van der Waals surface area contributed by atoms with E-state index in [9.17, 15) is 9.59 Å². The van der Waals surface area contributed by atoms with E-state index in [0.717, 1.165) is 72.5 Å². The van der Waals surface area contributed by atoms with Crippen LogP contribution >= 0.6 is 11.8 Å². The van der Waals surface area contributed by atoms with Crippen molar-refractivity contribution in [2.45, 2.75) is 70.1 Å². The highest BCUT2D eigenvalue weighted by Gasteiger charge is 2.35. The molecule has 7 heteroatoms. The molecule has 6 nitrogen and oxygen atoms in total. The highest BCUT2D eigenvalue weighted by molar-refractivity contribution is 7.99. The Hall–Kier alpha value is -7.35. The Bertz CT molecular complexity index is 3530. The molecular weight excluding hydrogens is 847 g/mol. The third-order valence-corrected chi connectivity index (χ3v) is 14.2. The van der Waals surface area contributed by atoms with Crippen LogP contribution in [0.1, 0.15) is 86.7 Å². The van der Waals surface area contributed by atoms with Gasteiger partial charge in [0.05, 0.1) is 28.2 Å². The monoisotopic (exact) mass is 895 g/mol. The zero-order chi connectivity index (χ0) is 46.5. The highest BCUT2D eigenvalue weighted by Crippen LogP contribution is 2.56. The van der Waals surface area contributed by atoms with Gasteiger partial charge < -0.3 is 19.1 Å². The van der Waals surface area contributed by atoms with E-state index in [2.05, 4.69) is 144 Å². The highest BCUT2D eigenvalue weighted by atomic mass is 32.2. The summed E-state index contributed by atoms with van der Waals surface area (Å²) >= 11 is 1.77. The van der Waals surface area contributed by atoms with Gasteiger partial charge in [0.15, 0.2) is 0 Å². The summed E-state index contributed by atoms with van der Waals surface area (Å²) in [6.07, 6.45) is 3.05. The van der Waals surface area contributed by atoms with Gasteiger partial charge >= 0.3 is 11.9 Å². The fraction of sp³-hybridized carbons (Fsp3) is 0.167. The van der Waals surface area contributed by atoms with Crippen LogP contribution in [0.15, 0.2) is 168 Å². The molecule has 0 atom stereocenters. The van der Waals surface area contributed by atoms with Crippen molar-refractivity contribution in [2.24, 2.45) is 5.41 Å². The molecule has 2 aliphatic rings. The molecule has 9 aromatic rings. The van der Waals surface area contributed by atoms with E-state index in [-0.39, 0.29) is 22.0 Å². The van der Waals surface area contributed by atoms with Crippen molar-refractivity contribution in [1.82, 2.24) is 0 Å².